The number of nitrogens with zero attached hydrogens (tertiary/aromatic N) is 1. The van der Waals surface area contributed by atoms with Gasteiger partial charge in [0.25, 0.3) is 15.9 Å². The second-order valence-electron chi connectivity index (χ2n) is 10.4. The van der Waals surface area contributed by atoms with E-state index in [4.69, 9.17) is 9.47 Å². The molecule has 0 radical (unpaired) electrons. The Balaban J connectivity index is 1.94. The summed E-state index contributed by atoms with van der Waals surface area (Å²) in [5.41, 5.74) is 1.23. The van der Waals surface area contributed by atoms with Gasteiger partial charge in [0, 0.05) is 6.54 Å². The number of methoxy groups -OCH3 is 1. The van der Waals surface area contributed by atoms with Gasteiger partial charge in [-0.15, -0.1) is 0 Å². The molecule has 1 aliphatic rings. The Morgan fingerprint density at radius 1 is 1.17 bits per heavy atom. The first-order chi connectivity index (χ1) is 17.0. The third-order valence-electron chi connectivity index (χ3n) is 6.74. The van der Waals surface area contributed by atoms with Crippen LogP contribution in [-0.4, -0.2) is 40.6 Å². The Bertz CT molecular complexity index is 1140. The predicted octanol–water partition coefficient (Wildman–Crippen LogP) is 5.28. The number of sulfonamides is 1. The number of hydrogen-bond donors (Lipinski definition) is 1. The lowest BCUT2D eigenvalue weighted by molar-refractivity contribution is -0.127. The van der Waals surface area contributed by atoms with Crippen molar-refractivity contribution in [1.82, 2.24) is 5.32 Å². The van der Waals surface area contributed by atoms with Crippen LogP contribution in [0.15, 0.2) is 47.4 Å². The molecule has 2 aromatic rings. The van der Waals surface area contributed by atoms with Crippen molar-refractivity contribution in [1.29, 1.82) is 0 Å². The molecule has 0 aromatic heterocycles. The lowest BCUT2D eigenvalue weighted by Gasteiger charge is -2.36. The molecule has 0 saturated carbocycles. The highest BCUT2D eigenvalue weighted by Crippen LogP contribution is 2.40. The SMILES string of the molecule is CCCCC(CC)CNC(=O)C1CN(S(=O)(=O)c2ccc(OC)cc2)c2cc(C(C)(C)C)ccc2O1. The van der Waals surface area contributed by atoms with E-state index >= 15 is 0 Å². The largest absolute Gasteiger partial charge is 0.497 e. The molecule has 198 valence electrons. The number of anilines is 1. The van der Waals surface area contributed by atoms with Gasteiger partial charge in [0.2, 0.25) is 0 Å². The van der Waals surface area contributed by atoms with Crippen LogP contribution in [0.1, 0.15) is 65.9 Å². The summed E-state index contributed by atoms with van der Waals surface area (Å²) in [6.07, 6.45) is 3.31. The molecule has 8 heteroatoms. The fourth-order valence-corrected chi connectivity index (χ4v) is 5.73. The minimum atomic E-state index is -3.96. The highest BCUT2D eigenvalue weighted by atomic mass is 32.2. The first-order valence-corrected chi connectivity index (χ1v) is 14.2. The van der Waals surface area contributed by atoms with Crippen LogP contribution in [0.4, 0.5) is 5.69 Å². The van der Waals surface area contributed by atoms with Crippen LogP contribution in [0, 0.1) is 5.92 Å². The lowest BCUT2D eigenvalue weighted by atomic mass is 9.86. The Kier molecular flexibility index (Phi) is 8.93. The van der Waals surface area contributed by atoms with E-state index in [2.05, 4.69) is 39.9 Å². The molecule has 0 saturated heterocycles. The quantitative estimate of drug-likeness (QED) is 0.464. The average Bonchev–Trinajstić information content (AvgIpc) is 2.87. The number of nitrogens with one attached hydrogen (secondary N) is 1. The van der Waals surface area contributed by atoms with Gasteiger partial charge in [0.1, 0.15) is 11.5 Å². The monoisotopic (exact) mass is 516 g/mol. The Morgan fingerprint density at radius 2 is 1.86 bits per heavy atom. The number of carbonyl (C=O) groups excluding carboxylic acids is 1. The maximum Gasteiger partial charge on any atom is 0.264 e. The number of unbranched alkanes of at least 4 members (excludes halogenated alkanes) is 1. The third kappa shape index (κ3) is 6.33. The van der Waals surface area contributed by atoms with Crippen molar-refractivity contribution in [3.63, 3.8) is 0 Å². The lowest BCUT2D eigenvalue weighted by Crippen LogP contribution is -2.51. The molecule has 0 fully saturated rings. The molecule has 3 rings (SSSR count). The summed E-state index contributed by atoms with van der Waals surface area (Å²) in [6, 6.07) is 11.8. The van der Waals surface area contributed by atoms with Crippen LogP contribution in [0.5, 0.6) is 11.5 Å². The average molecular weight is 517 g/mol. The van der Waals surface area contributed by atoms with Crippen molar-refractivity contribution in [3.8, 4) is 11.5 Å². The van der Waals surface area contributed by atoms with Crippen molar-refractivity contribution in [2.45, 2.75) is 76.7 Å². The van der Waals surface area contributed by atoms with Crippen LogP contribution in [0.2, 0.25) is 0 Å². The van der Waals surface area contributed by atoms with E-state index in [0.717, 1.165) is 31.2 Å². The summed E-state index contributed by atoms with van der Waals surface area (Å²) in [6.45, 7) is 10.9. The minimum Gasteiger partial charge on any atom is -0.497 e. The van der Waals surface area contributed by atoms with Crippen molar-refractivity contribution in [2.24, 2.45) is 5.92 Å². The standard InChI is InChI=1S/C28H40N2O5S/c1-7-9-10-20(8-2)18-29-27(31)26-19-30(36(32,33)23-14-12-22(34-6)13-15-23)24-17-21(28(3,4)5)11-16-25(24)35-26/h11-17,20,26H,7-10,18-19H2,1-6H3,(H,29,31). The summed E-state index contributed by atoms with van der Waals surface area (Å²) in [5.74, 6) is 1.03. The highest BCUT2D eigenvalue weighted by Gasteiger charge is 2.38. The Labute approximate surface area is 216 Å². The Morgan fingerprint density at radius 3 is 2.44 bits per heavy atom. The van der Waals surface area contributed by atoms with Gasteiger partial charge >= 0.3 is 0 Å². The van der Waals surface area contributed by atoms with Crippen molar-refractivity contribution in [2.75, 3.05) is 24.5 Å². The van der Waals surface area contributed by atoms with E-state index in [9.17, 15) is 13.2 Å². The third-order valence-corrected chi connectivity index (χ3v) is 8.54. The zero-order valence-corrected chi connectivity index (χ0v) is 23.2. The molecule has 1 heterocycles. The van der Waals surface area contributed by atoms with E-state index in [0.29, 0.717) is 29.6 Å². The van der Waals surface area contributed by atoms with Gasteiger partial charge in [-0.25, -0.2) is 8.42 Å². The van der Waals surface area contributed by atoms with E-state index < -0.39 is 16.1 Å². The van der Waals surface area contributed by atoms with Crippen molar-refractivity contribution >= 4 is 21.6 Å². The molecule has 1 N–H and O–H groups in total. The van der Waals surface area contributed by atoms with Crippen LogP contribution in [0.3, 0.4) is 0 Å². The van der Waals surface area contributed by atoms with E-state index in [1.165, 1.54) is 23.5 Å². The second kappa shape index (κ2) is 11.5. The smallest absolute Gasteiger partial charge is 0.264 e. The number of carbonyl (C=O) groups is 1. The second-order valence-corrected chi connectivity index (χ2v) is 12.3. The molecule has 0 aliphatic carbocycles. The topological polar surface area (TPSA) is 84.9 Å². The van der Waals surface area contributed by atoms with Crippen LogP contribution in [-0.2, 0) is 20.2 Å². The minimum absolute atomic E-state index is 0.105. The first-order valence-electron chi connectivity index (χ1n) is 12.8. The molecular weight excluding hydrogens is 476 g/mol. The summed E-state index contributed by atoms with van der Waals surface area (Å²) in [4.78, 5) is 13.3. The zero-order valence-electron chi connectivity index (χ0n) is 22.3. The zero-order chi connectivity index (χ0) is 26.5. The maximum absolute atomic E-state index is 13.8. The van der Waals surface area contributed by atoms with Crippen molar-refractivity contribution < 1.29 is 22.7 Å². The number of hydrogen-bond acceptors (Lipinski definition) is 5. The molecule has 0 spiro atoms. The molecule has 1 amide bonds. The highest BCUT2D eigenvalue weighted by molar-refractivity contribution is 7.92. The number of amides is 1. The fraction of sp³-hybridized carbons (Fsp3) is 0.536. The van der Waals surface area contributed by atoms with Gasteiger partial charge in [-0.05, 0) is 59.7 Å². The Hall–Kier alpha value is -2.74. The van der Waals surface area contributed by atoms with E-state index in [1.54, 1.807) is 18.2 Å². The molecule has 0 bridgehead atoms. The first kappa shape index (κ1) is 27.8. The normalized spacial score (nSPS) is 16.6. The molecule has 2 unspecified atom stereocenters. The summed E-state index contributed by atoms with van der Waals surface area (Å²) in [7, 11) is -2.43. The van der Waals surface area contributed by atoms with Crippen LogP contribution >= 0.6 is 0 Å². The molecular formula is C28H40N2O5S. The van der Waals surface area contributed by atoms with E-state index in [-0.39, 0.29) is 22.8 Å². The number of ether oxygens (including phenoxy) is 2. The van der Waals surface area contributed by atoms with Gasteiger partial charge in [-0.2, -0.15) is 0 Å². The van der Waals surface area contributed by atoms with Gasteiger partial charge in [-0.1, -0.05) is 59.9 Å². The number of benzene rings is 2. The van der Waals surface area contributed by atoms with Gasteiger partial charge in [0.05, 0.1) is 24.2 Å². The number of rotatable bonds is 10. The van der Waals surface area contributed by atoms with Crippen LogP contribution < -0.4 is 19.1 Å². The fourth-order valence-electron chi connectivity index (χ4n) is 4.26. The number of fused-ring (bicyclic) bond motifs is 1. The molecule has 7 nitrogen and oxygen atoms in total. The molecule has 2 atom stereocenters. The maximum atomic E-state index is 13.8. The van der Waals surface area contributed by atoms with Gasteiger partial charge in [0.15, 0.2) is 6.10 Å². The van der Waals surface area contributed by atoms with Crippen LogP contribution in [0.25, 0.3) is 0 Å². The molecule has 2 aromatic carbocycles. The predicted molar refractivity (Wildman–Crippen MR) is 143 cm³/mol. The molecule has 1 aliphatic heterocycles. The van der Waals surface area contributed by atoms with Gasteiger partial charge in [-0.3, -0.25) is 9.10 Å². The summed E-state index contributed by atoms with van der Waals surface area (Å²) >= 11 is 0. The summed E-state index contributed by atoms with van der Waals surface area (Å²) < 4.78 is 40.2. The van der Waals surface area contributed by atoms with Crippen molar-refractivity contribution in [3.05, 3.63) is 48.0 Å². The molecule has 36 heavy (non-hydrogen) atoms. The van der Waals surface area contributed by atoms with Gasteiger partial charge < -0.3 is 14.8 Å². The van der Waals surface area contributed by atoms with E-state index in [1.807, 2.05) is 12.1 Å². The summed E-state index contributed by atoms with van der Waals surface area (Å²) in [5, 5.41) is 3.00.